The van der Waals surface area contributed by atoms with E-state index in [0.717, 1.165) is 26.2 Å². The fourth-order valence-electron chi connectivity index (χ4n) is 2.73. The Balaban J connectivity index is 1.73. The molecule has 1 aromatic carbocycles. The average Bonchev–Trinajstić information content (AvgIpc) is 2.60. The van der Waals surface area contributed by atoms with Gasteiger partial charge in [0.1, 0.15) is 17.8 Å². The van der Waals surface area contributed by atoms with E-state index < -0.39 is 0 Å². The number of aromatic nitrogens is 2. The molecule has 0 unspecified atom stereocenters. The van der Waals surface area contributed by atoms with Gasteiger partial charge in [0.15, 0.2) is 11.6 Å². The van der Waals surface area contributed by atoms with Crippen molar-refractivity contribution in [2.45, 2.75) is 0 Å². The maximum absolute atomic E-state index is 13.0. The lowest BCUT2D eigenvalue weighted by molar-refractivity contribution is 0.188. The minimum Gasteiger partial charge on any atom is -0.395 e. The summed E-state index contributed by atoms with van der Waals surface area (Å²) in [6, 6.07) is 6.01. The average molecular weight is 332 g/mol. The van der Waals surface area contributed by atoms with E-state index in [-0.39, 0.29) is 12.4 Å². The second kappa shape index (κ2) is 7.41. The first-order valence-corrected chi connectivity index (χ1v) is 7.88. The number of hydrogen-bond donors (Lipinski definition) is 3. The Hall–Kier alpha value is -2.45. The molecule has 2 heterocycles. The fourth-order valence-corrected chi connectivity index (χ4v) is 2.73. The molecule has 8 heteroatoms. The van der Waals surface area contributed by atoms with Crippen molar-refractivity contribution in [1.82, 2.24) is 14.9 Å². The molecule has 2 aromatic rings. The second-order valence-electron chi connectivity index (χ2n) is 5.64. The number of nitrogens with one attached hydrogen (secondary N) is 1. The van der Waals surface area contributed by atoms with Gasteiger partial charge in [0.05, 0.1) is 6.61 Å². The second-order valence-corrected chi connectivity index (χ2v) is 5.64. The molecule has 1 fully saturated rings. The number of hydrogen-bond acceptors (Lipinski definition) is 7. The van der Waals surface area contributed by atoms with Crippen molar-refractivity contribution in [2.24, 2.45) is 0 Å². The number of benzene rings is 1. The molecule has 1 saturated heterocycles. The Bertz CT molecular complexity index is 673. The molecule has 1 aliphatic rings. The number of β-amino-alcohol motifs (C(OH)–C–C–N with tert-alkyl or cyclic N) is 1. The molecular weight excluding hydrogens is 311 g/mol. The third-order valence-electron chi connectivity index (χ3n) is 4.06. The zero-order chi connectivity index (χ0) is 16.9. The first-order chi connectivity index (χ1) is 11.7. The molecule has 4 N–H and O–H groups in total. The summed E-state index contributed by atoms with van der Waals surface area (Å²) in [5, 5.41) is 12.1. The van der Waals surface area contributed by atoms with E-state index in [4.69, 9.17) is 10.8 Å². The predicted molar refractivity (Wildman–Crippen MR) is 91.9 cm³/mol. The number of nitrogens with zero attached hydrogens (tertiary/aromatic N) is 4. The molecule has 0 bridgehead atoms. The van der Waals surface area contributed by atoms with Gasteiger partial charge in [-0.2, -0.15) is 0 Å². The minimum absolute atomic E-state index is 0.168. The maximum atomic E-state index is 13.0. The highest BCUT2D eigenvalue weighted by Gasteiger charge is 2.21. The lowest BCUT2D eigenvalue weighted by Gasteiger charge is -2.35. The van der Waals surface area contributed by atoms with Gasteiger partial charge < -0.3 is 21.1 Å². The summed E-state index contributed by atoms with van der Waals surface area (Å²) in [7, 11) is 0. The van der Waals surface area contributed by atoms with E-state index in [1.54, 1.807) is 12.1 Å². The molecular formula is C16H21FN6O. The predicted octanol–water partition coefficient (Wildman–Crippen LogP) is 1.06. The summed E-state index contributed by atoms with van der Waals surface area (Å²) < 4.78 is 13.0. The van der Waals surface area contributed by atoms with Crippen LogP contribution in [0.3, 0.4) is 0 Å². The Labute approximate surface area is 139 Å². The van der Waals surface area contributed by atoms with Gasteiger partial charge in [-0.25, -0.2) is 14.4 Å². The largest absolute Gasteiger partial charge is 0.395 e. The highest BCUT2D eigenvalue weighted by Crippen LogP contribution is 2.29. The van der Waals surface area contributed by atoms with Crippen molar-refractivity contribution in [2.75, 3.05) is 55.3 Å². The van der Waals surface area contributed by atoms with Crippen LogP contribution < -0.4 is 16.0 Å². The summed E-state index contributed by atoms with van der Waals surface area (Å²) in [6.45, 7) is 4.13. The third-order valence-corrected chi connectivity index (χ3v) is 4.06. The van der Waals surface area contributed by atoms with Gasteiger partial charge in [0, 0.05) is 38.4 Å². The van der Waals surface area contributed by atoms with Crippen LogP contribution in [0.5, 0.6) is 0 Å². The Kier molecular flexibility index (Phi) is 5.07. The standard InChI is InChI=1S/C16H21FN6O/c17-12-1-3-13(4-2-12)21-15-14(18)16(20-11-19-15)23-7-5-22(6-8-23)9-10-24/h1-4,11,24H,5-10,18H2,(H,19,20,21). The highest BCUT2D eigenvalue weighted by atomic mass is 19.1. The SMILES string of the molecule is Nc1c(Nc2ccc(F)cc2)ncnc1N1CCN(CCO)CC1. The summed E-state index contributed by atoms with van der Waals surface area (Å²) >= 11 is 0. The lowest BCUT2D eigenvalue weighted by Crippen LogP contribution is -2.47. The number of nitrogen functional groups attached to an aromatic ring is 1. The van der Waals surface area contributed by atoms with Crippen LogP contribution in [0.1, 0.15) is 0 Å². The number of anilines is 4. The van der Waals surface area contributed by atoms with E-state index in [1.807, 2.05) is 0 Å². The molecule has 0 atom stereocenters. The van der Waals surface area contributed by atoms with E-state index in [0.29, 0.717) is 29.6 Å². The fraction of sp³-hybridized carbons (Fsp3) is 0.375. The molecule has 0 amide bonds. The molecule has 128 valence electrons. The van der Waals surface area contributed by atoms with Crippen LogP contribution in [-0.2, 0) is 0 Å². The van der Waals surface area contributed by atoms with Crippen LogP contribution in [0.4, 0.5) is 27.4 Å². The molecule has 0 radical (unpaired) electrons. The highest BCUT2D eigenvalue weighted by molar-refractivity contribution is 5.78. The van der Waals surface area contributed by atoms with Gasteiger partial charge in [0.25, 0.3) is 0 Å². The topological polar surface area (TPSA) is 90.5 Å². The van der Waals surface area contributed by atoms with Crippen LogP contribution in [0, 0.1) is 5.82 Å². The number of halogens is 1. The van der Waals surface area contributed by atoms with Gasteiger partial charge >= 0.3 is 0 Å². The van der Waals surface area contributed by atoms with Gasteiger partial charge in [0.2, 0.25) is 0 Å². The van der Waals surface area contributed by atoms with E-state index in [2.05, 4.69) is 25.1 Å². The van der Waals surface area contributed by atoms with Crippen LogP contribution >= 0.6 is 0 Å². The molecule has 24 heavy (non-hydrogen) atoms. The number of rotatable bonds is 5. The quantitative estimate of drug-likeness (QED) is 0.754. The van der Waals surface area contributed by atoms with Gasteiger partial charge in [-0.15, -0.1) is 0 Å². The first kappa shape index (κ1) is 16.4. The maximum Gasteiger partial charge on any atom is 0.159 e. The minimum atomic E-state index is -0.294. The van der Waals surface area contributed by atoms with Crippen LogP contribution in [0.25, 0.3) is 0 Å². The first-order valence-electron chi connectivity index (χ1n) is 7.88. The van der Waals surface area contributed by atoms with E-state index in [9.17, 15) is 4.39 Å². The summed E-state index contributed by atoms with van der Waals surface area (Å²) in [4.78, 5) is 12.8. The van der Waals surface area contributed by atoms with Crippen molar-refractivity contribution in [3.8, 4) is 0 Å². The van der Waals surface area contributed by atoms with Crippen LogP contribution in [-0.4, -0.2) is 59.3 Å². The zero-order valence-electron chi connectivity index (χ0n) is 13.3. The van der Waals surface area contributed by atoms with E-state index >= 15 is 0 Å². The Morgan fingerprint density at radius 1 is 1.12 bits per heavy atom. The monoisotopic (exact) mass is 332 g/mol. The van der Waals surface area contributed by atoms with Gasteiger partial charge in [-0.05, 0) is 24.3 Å². The van der Waals surface area contributed by atoms with Crippen LogP contribution in [0.2, 0.25) is 0 Å². The van der Waals surface area contributed by atoms with Crippen molar-refractivity contribution >= 4 is 23.0 Å². The van der Waals surface area contributed by atoms with Crippen molar-refractivity contribution in [1.29, 1.82) is 0 Å². The molecule has 0 aliphatic carbocycles. The zero-order valence-corrected chi connectivity index (χ0v) is 13.3. The third kappa shape index (κ3) is 3.72. The number of aliphatic hydroxyl groups is 1. The molecule has 1 aromatic heterocycles. The lowest BCUT2D eigenvalue weighted by atomic mass is 10.2. The summed E-state index contributed by atoms with van der Waals surface area (Å²) in [5.41, 5.74) is 7.41. The van der Waals surface area contributed by atoms with Gasteiger partial charge in [-0.3, -0.25) is 4.90 Å². The van der Waals surface area contributed by atoms with E-state index in [1.165, 1.54) is 18.5 Å². The summed E-state index contributed by atoms with van der Waals surface area (Å²) in [6.07, 6.45) is 1.47. The van der Waals surface area contributed by atoms with Crippen LogP contribution in [0.15, 0.2) is 30.6 Å². The molecule has 3 rings (SSSR count). The van der Waals surface area contributed by atoms with Gasteiger partial charge in [-0.1, -0.05) is 0 Å². The molecule has 0 spiro atoms. The summed E-state index contributed by atoms with van der Waals surface area (Å²) in [5.74, 6) is 0.903. The molecule has 1 aliphatic heterocycles. The Morgan fingerprint density at radius 2 is 1.83 bits per heavy atom. The number of aliphatic hydroxyl groups excluding tert-OH is 1. The smallest absolute Gasteiger partial charge is 0.159 e. The number of piperazine rings is 1. The van der Waals surface area contributed by atoms with Crippen molar-refractivity contribution in [3.63, 3.8) is 0 Å². The van der Waals surface area contributed by atoms with Crippen molar-refractivity contribution < 1.29 is 9.50 Å². The Morgan fingerprint density at radius 3 is 2.50 bits per heavy atom. The normalized spacial score (nSPS) is 15.5. The molecule has 0 saturated carbocycles. The number of nitrogens with two attached hydrogens (primary N) is 1. The van der Waals surface area contributed by atoms with Crippen molar-refractivity contribution in [3.05, 3.63) is 36.4 Å². The molecule has 7 nitrogen and oxygen atoms in total.